The molecule has 3 nitrogen and oxygen atoms in total. The van der Waals surface area contributed by atoms with E-state index in [-0.39, 0.29) is 5.91 Å². The highest BCUT2D eigenvalue weighted by Gasteiger charge is 2.22. The molecular formula is C27H35ClN2O. The van der Waals surface area contributed by atoms with Crippen molar-refractivity contribution in [3.8, 4) is 0 Å². The second-order valence-electron chi connectivity index (χ2n) is 8.56. The second-order valence-corrected chi connectivity index (χ2v) is 8.99. The van der Waals surface area contributed by atoms with Gasteiger partial charge in [-0.25, -0.2) is 0 Å². The van der Waals surface area contributed by atoms with Gasteiger partial charge in [0.2, 0.25) is 0 Å². The van der Waals surface area contributed by atoms with Crippen LogP contribution in [0.5, 0.6) is 0 Å². The van der Waals surface area contributed by atoms with Gasteiger partial charge in [-0.2, -0.15) is 0 Å². The predicted octanol–water partition coefficient (Wildman–Crippen LogP) is 6.45. The molecule has 2 aromatic carbocycles. The van der Waals surface area contributed by atoms with Crippen LogP contribution in [0.25, 0.3) is 6.08 Å². The van der Waals surface area contributed by atoms with Gasteiger partial charge in [-0.1, -0.05) is 73.3 Å². The van der Waals surface area contributed by atoms with Gasteiger partial charge in [0, 0.05) is 23.7 Å². The Bertz CT molecular complexity index is 826. The molecule has 0 bridgehead atoms. The van der Waals surface area contributed by atoms with Crippen molar-refractivity contribution >= 4 is 23.6 Å². The molecule has 0 atom stereocenters. The Hall–Kier alpha value is -2.10. The summed E-state index contributed by atoms with van der Waals surface area (Å²) in [4.78, 5) is 15.6. The van der Waals surface area contributed by atoms with Crippen LogP contribution in [0.2, 0.25) is 5.02 Å². The van der Waals surface area contributed by atoms with Crippen LogP contribution in [0.15, 0.2) is 60.2 Å². The van der Waals surface area contributed by atoms with Crippen LogP contribution in [-0.2, 0) is 0 Å². The number of halogens is 1. The second kappa shape index (κ2) is 12.7. The molecule has 166 valence electrons. The van der Waals surface area contributed by atoms with Crippen molar-refractivity contribution in [2.24, 2.45) is 5.92 Å². The van der Waals surface area contributed by atoms with Gasteiger partial charge in [0.05, 0.1) is 0 Å². The summed E-state index contributed by atoms with van der Waals surface area (Å²) >= 11 is 6.06. The normalized spacial score (nSPS) is 15.1. The highest BCUT2D eigenvalue weighted by Crippen LogP contribution is 2.21. The zero-order valence-electron chi connectivity index (χ0n) is 18.7. The van der Waals surface area contributed by atoms with E-state index in [1.54, 1.807) is 12.1 Å². The minimum Gasteiger partial charge on any atom is -0.334 e. The molecule has 1 saturated heterocycles. The van der Waals surface area contributed by atoms with E-state index in [1.165, 1.54) is 24.0 Å². The fraction of sp³-hybridized carbons (Fsp3) is 0.444. The van der Waals surface area contributed by atoms with E-state index in [0.29, 0.717) is 23.0 Å². The zero-order valence-corrected chi connectivity index (χ0v) is 19.4. The number of carbonyl (C=O) groups is 1. The van der Waals surface area contributed by atoms with Crippen LogP contribution in [0, 0.1) is 5.92 Å². The molecule has 1 fully saturated rings. The van der Waals surface area contributed by atoms with Crippen molar-refractivity contribution in [2.45, 2.75) is 45.4 Å². The smallest absolute Gasteiger partial charge is 0.254 e. The number of nitrogens with zero attached hydrogens (tertiary/aromatic N) is 1. The van der Waals surface area contributed by atoms with Crippen LogP contribution >= 0.6 is 11.6 Å². The summed E-state index contributed by atoms with van der Waals surface area (Å²) in [7, 11) is 0. The first-order valence-corrected chi connectivity index (χ1v) is 12.0. The summed E-state index contributed by atoms with van der Waals surface area (Å²) in [6.07, 6.45) is 9.12. The first kappa shape index (κ1) is 23.6. The molecular weight excluding hydrogens is 404 g/mol. The minimum atomic E-state index is 0.102. The molecule has 0 saturated carbocycles. The van der Waals surface area contributed by atoms with Gasteiger partial charge in [0.1, 0.15) is 0 Å². The molecule has 1 aliphatic rings. The number of unbranched alkanes of at least 4 members (excludes halogenated alkanes) is 2. The molecule has 1 amide bonds. The molecule has 0 unspecified atom stereocenters. The summed E-state index contributed by atoms with van der Waals surface area (Å²) in [5.74, 6) is 0.649. The summed E-state index contributed by atoms with van der Waals surface area (Å²) < 4.78 is 0. The molecule has 1 N–H and O–H groups in total. The molecule has 0 spiro atoms. The van der Waals surface area contributed by atoms with Crippen molar-refractivity contribution in [1.82, 2.24) is 10.2 Å². The predicted molar refractivity (Wildman–Crippen MR) is 132 cm³/mol. The van der Waals surface area contributed by atoms with E-state index >= 15 is 0 Å². The molecule has 1 heterocycles. The first-order valence-electron chi connectivity index (χ1n) is 11.7. The fourth-order valence-corrected chi connectivity index (χ4v) is 4.33. The van der Waals surface area contributed by atoms with Crippen molar-refractivity contribution in [1.29, 1.82) is 0 Å². The van der Waals surface area contributed by atoms with Crippen molar-refractivity contribution in [3.05, 3.63) is 76.3 Å². The lowest BCUT2D eigenvalue weighted by atomic mass is 9.96. The highest BCUT2D eigenvalue weighted by atomic mass is 35.5. The third-order valence-corrected chi connectivity index (χ3v) is 6.23. The Morgan fingerprint density at radius 2 is 1.77 bits per heavy atom. The number of nitrogens with one attached hydrogen (secondary N) is 1. The highest BCUT2D eigenvalue weighted by molar-refractivity contribution is 6.30. The average Bonchev–Trinajstić information content (AvgIpc) is 2.80. The van der Waals surface area contributed by atoms with Gasteiger partial charge in [-0.3, -0.25) is 4.79 Å². The number of benzene rings is 2. The van der Waals surface area contributed by atoms with Crippen LogP contribution in [0.4, 0.5) is 0 Å². The monoisotopic (exact) mass is 438 g/mol. The third-order valence-electron chi connectivity index (χ3n) is 5.98. The van der Waals surface area contributed by atoms with Crippen molar-refractivity contribution < 1.29 is 4.79 Å². The van der Waals surface area contributed by atoms with Gasteiger partial charge in [0.15, 0.2) is 0 Å². The van der Waals surface area contributed by atoms with E-state index < -0.39 is 0 Å². The Morgan fingerprint density at radius 3 is 2.45 bits per heavy atom. The van der Waals surface area contributed by atoms with Crippen LogP contribution < -0.4 is 5.32 Å². The molecule has 31 heavy (non-hydrogen) atoms. The summed E-state index contributed by atoms with van der Waals surface area (Å²) in [6.45, 7) is 5.80. The van der Waals surface area contributed by atoms with Crippen molar-refractivity contribution in [2.75, 3.05) is 26.2 Å². The molecule has 4 heteroatoms. The number of hydrogen-bond acceptors (Lipinski definition) is 2. The van der Waals surface area contributed by atoms with E-state index in [4.69, 9.17) is 11.6 Å². The van der Waals surface area contributed by atoms with Crippen molar-refractivity contribution in [3.63, 3.8) is 0 Å². The van der Waals surface area contributed by atoms with E-state index in [0.717, 1.165) is 45.3 Å². The number of rotatable bonds is 10. The Balaban J connectivity index is 1.82. The van der Waals surface area contributed by atoms with E-state index in [2.05, 4.69) is 47.5 Å². The largest absolute Gasteiger partial charge is 0.334 e. The number of piperidine rings is 1. The SMILES string of the molecule is CCCCCC(=Cc1ccccc1)CN(CC1CCNCC1)C(=O)c1ccc(Cl)cc1. The van der Waals surface area contributed by atoms with E-state index in [9.17, 15) is 4.79 Å². The lowest BCUT2D eigenvalue weighted by molar-refractivity contribution is 0.0732. The maximum absolute atomic E-state index is 13.5. The van der Waals surface area contributed by atoms with Gasteiger partial charge >= 0.3 is 0 Å². The first-order chi connectivity index (χ1) is 15.2. The molecule has 2 aromatic rings. The van der Waals surface area contributed by atoms with Gasteiger partial charge in [-0.05, 0) is 74.5 Å². The average molecular weight is 439 g/mol. The lowest BCUT2D eigenvalue weighted by Gasteiger charge is -2.31. The Morgan fingerprint density at radius 1 is 1.06 bits per heavy atom. The summed E-state index contributed by atoms with van der Waals surface area (Å²) in [6, 6.07) is 17.8. The quantitative estimate of drug-likeness (QED) is 0.432. The third kappa shape index (κ3) is 7.83. The van der Waals surface area contributed by atoms with Crippen LogP contribution in [0.1, 0.15) is 61.4 Å². The topological polar surface area (TPSA) is 32.3 Å². The van der Waals surface area contributed by atoms with Crippen LogP contribution in [-0.4, -0.2) is 37.0 Å². The molecule has 1 aliphatic heterocycles. The maximum Gasteiger partial charge on any atom is 0.254 e. The van der Waals surface area contributed by atoms with Gasteiger partial charge in [-0.15, -0.1) is 0 Å². The summed E-state index contributed by atoms with van der Waals surface area (Å²) in [5.41, 5.74) is 3.25. The molecule has 3 rings (SSSR count). The number of carbonyl (C=O) groups excluding carboxylic acids is 1. The Labute approximate surface area is 192 Å². The van der Waals surface area contributed by atoms with Gasteiger partial charge in [0.25, 0.3) is 5.91 Å². The molecule has 0 aromatic heterocycles. The van der Waals surface area contributed by atoms with Crippen LogP contribution in [0.3, 0.4) is 0 Å². The summed E-state index contributed by atoms with van der Waals surface area (Å²) in [5, 5.41) is 4.09. The fourth-order valence-electron chi connectivity index (χ4n) is 4.20. The molecule has 0 aliphatic carbocycles. The lowest BCUT2D eigenvalue weighted by Crippen LogP contribution is -2.40. The minimum absolute atomic E-state index is 0.102. The Kier molecular flexibility index (Phi) is 9.64. The molecule has 0 radical (unpaired) electrons. The standard InChI is InChI=1S/C27H35ClN2O/c1-2-3-5-10-24(19-22-8-6-4-7-9-22)21-30(20-23-15-17-29-18-16-23)27(31)25-11-13-26(28)14-12-25/h4,6-9,11-14,19,23,29H,2-3,5,10,15-18,20-21H2,1H3. The maximum atomic E-state index is 13.5. The van der Waals surface area contributed by atoms with Gasteiger partial charge < -0.3 is 10.2 Å². The van der Waals surface area contributed by atoms with E-state index in [1.807, 2.05) is 18.2 Å². The number of amides is 1. The number of hydrogen-bond donors (Lipinski definition) is 1. The zero-order chi connectivity index (χ0) is 21.9.